The van der Waals surface area contributed by atoms with E-state index < -0.39 is 5.82 Å². The van der Waals surface area contributed by atoms with Crippen LogP contribution in [0.3, 0.4) is 0 Å². The fourth-order valence-corrected chi connectivity index (χ4v) is 2.37. The molecule has 1 nitrogen and oxygen atoms in total. The Labute approximate surface area is 125 Å². The van der Waals surface area contributed by atoms with Gasteiger partial charge in [0.05, 0.1) is 5.02 Å². The Morgan fingerprint density at radius 2 is 1.95 bits per heavy atom. The molecule has 0 heterocycles. The van der Waals surface area contributed by atoms with Crippen molar-refractivity contribution in [1.82, 2.24) is 0 Å². The Balaban J connectivity index is 2.17. The summed E-state index contributed by atoms with van der Waals surface area (Å²) in [6.07, 6.45) is 0. The Kier molecular flexibility index (Phi) is 4.48. The summed E-state index contributed by atoms with van der Waals surface area (Å²) in [6, 6.07) is 10.9. The molecule has 0 saturated carbocycles. The average Bonchev–Trinajstić information content (AvgIpc) is 2.37. The molecule has 0 aromatic heterocycles. The molecule has 2 aromatic rings. The van der Waals surface area contributed by atoms with E-state index in [-0.39, 0.29) is 11.1 Å². The molecule has 100 valence electrons. The predicted octanol–water partition coefficient (Wildman–Crippen LogP) is 5.72. The van der Waals surface area contributed by atoms with Gasteiger partial charge < -0.3 is 5.32 Å². The molecule has 0 aliphatic rings. The summed E-state index contributed by atoms with van der Waals surface area (Å²) in [4.78, 5) is 0. The second kappa shape index (κ2) is 5.93. The van der Waals surface area contributed by atoms with E-state index in [1.165, 1.54) is 11.6 Å². The van der Waals surface area contributed by atoms with Crippen molar-refractivity contribution in [3.63, 3.8) is 0 Å². The topological polar surface area (TPSA) is 12.0 Å². The van der Waals surface area contributed by atoms with Crippen LogP contribution in [0.2, 0.25) is 5.02 Å². The predicted molar refractivity (Wildman–Crippen MR) is 82.3 cm³/mol. The first kappa shape index (κ1) is 14.4. The van der Waals surface area contributed by atoms with Gasteiger partial charge in [0.1, 0.15) is 5.82 Å². The maximum absolute atomic E-state index is 13.1. The van der Waals surface area contributed by atoms with Gasteiger partial charge in [0, 0.05) is 16.2 Å². The summed E-state index contributed by atoms with van der Waals surface area (Å²) in [5.74, 6) is -0.393. The Bertz CT molecular complexity index is 601. The van der Waals surface area contributed by atoms with Crippen LogP contribution < -0.4 is 5.32 Å². The van der Waals surface area contributed by atoms with Crippen LogP contribution in [-0.2, 0) is 0 Å². The number of hydrogen-bond acceptors (Lipinski definition) is 1. The second-order valence-electron chi connectivity index (χ2n) is 4.50. The van der Waals surface area contributed by atoms with Crippen molar-refractivity contribution in [3.8, 4) is 0 Å². The normalized spacial score (nSPS) is 12.3. The summed E-state index contributed by atoms with van der Waals surface area (Å²) in [7, 11) is 0. The highest BCUT2D eigenvalue weighted by Crippen LogP contribution is 2.26. The van der Waals surface area contributed by atoms with Crippen molar-refractivity contribution in [2.45, 2.75) is 19.9 Å². The number of benzene rings is 2. The van der Waals surface area contributed by atoms with Crippen LogP contribution in [0.15, 0.2) is 40.9 Å². The van der Waals surface area contributed by atoms with Gasteiger partial charge in [-0.2, -0.15) is 0 Å². The Morgan fingerprint density at radius 1 is 1.21 bits per heavy atom. The monoisotopic (exact) mass is 341 g/mol. The standard InChI is InChI=1S/C15H14BrClFN/c1-9-3-5-12(8-13(9)16)19-10(2)11-4-6-15(18)14(17)7-11/h3-8,10,19H,1-2H3. The molecule has 2 aromatic carbocycles. The van der Waals surface area contributed by atoms with E-state index in [1.807, 2.05) is 32.0 Å². The highest BCUT2D eigenvalue weighted by molar-refractivity contribution is 9.10. The number of hydrogen-bond donors (Lipinski definition) is 1. The lowest BCUT2D eigenvalue weighted by atomic mass is 10.1. The van der Waals surface area contributed by atoms with E-state index in [9.17, 15) is 4.39 Å². The molecule has 0 aliphatic heterocycles. The Morgan fingerprint density at radius 3 is 2.58 bits per heavy atom. The van der Waals surface area contributed by atoms with E-state index in [2.05, 4.69) is 21.2 Å². The molecule has 0 radical (unpaired) electrons. The van der Waals surface area contributed by atoms with E-state index in [1.54, 1.807) is 12.1 Å². The average molecular weight is 343 g/mol. The minimum Gasteiger partial charge on any atom is -0.378 e. The second-order valence-corrected chi connectivity index (χ2v) is 5.77. The van der Waals surface area contributed by atoms with Gasteiger partial charge in [-0.05, 0) is 49.2 Å². The molecule has 0 amide bonds. The van der Waals surface area contributed by atoms with Crippen LogP contribution in [0.1, 0.15) is 24.1 Å². The minimum atomic E-state index is -0.393. The SMILES string of the molecule is Cc1ccc(NC(C)c2ccc(F)c(Cl)c2)cc1Br. The van der Waals surface area contributed by atoms with Crippen LogP contribution in [0.25, 0.3) is 0 Å². The quantitative estimate of drug-likeness (QED) is 0.752. The van der Waals surface area contributed by atoms with Gasteiger partial charge in [-0.15, -0.1) is 0 Å². The molecule has 0 fully saturated rings. The van der Waals surface area contributed by atoms with Gasteiger partial charge in [0.25, 0.3) is 0 Å². The van der Waals surface area contributed by atoms with Crippen molar-refractivity contribution >= 4 is 33.2 Å². The lowest BCUT2D eigenvalue weighted by molar-refractivity contribution is 0.627. The summed E-state index contributed by atoms with van der Waals surface area (Å²) < 4.78 is 14.2. The number of halogens is 3. The summed E-state index contributed by atoms with van der Waals surface area (Å²) in [5.41, 5.74) is 3.14. The number of rotatable bonds is 3. The third kappa shape index (κ3) is 3.48. The van der Waals surface area contributed by atoms with E-state index in [0.29, 0.717) is 0 Å². The molecule has 0 aliphatic carbocycles. The smallest absolute Gasteiger partial charge is 0.141 e. The zero-order chi connectivity index (χ0) is 14.0. The molecule has 4 heteroatoms. The van der Waals surface area contributed by atoms with Crippen molar-refractivity contribution < 1.29 is 4.39 Å². The molecule has 0 spiro atoms. The van der Waals surface area contributed by atoms with Gasteiger partial charge in [0.15, 0.2) is 0 Å². The highest BCUT2D eigenvalue weighted by atomic mass is 79.9. The van der Waals surface area contributed by atoms with Crippen LogP contribution in [0.4, 0.5) is 10.1 Å². The van der Waals surface area contributed by atoms with Crippen LogP contribution >= 0.6 is 27.5 Å². The molecule has 1 unspecified atom stereocenters. The minimum absolute atomic E-state index is 0.0488. The Hall–Kier alpha value is -1.06. The maximum atomic E-state index is 13.1. The molecular formula is C15H14BrClFN. The van der Waals surface area contributed by atoms with E-state index in [4.69, 9.17) is 11.6 Å². The molecule has 0 bridgehead atoms. The summed E-state index contributed by atoms with van der Waals surface area (Å²) in [6.45, 7) is 4.05. The third-order valence-electron chi connectivity index (χ3n) is 3.00. The zero-order valence-electron chi connectivity index (χ0n) is 10.7. The van der Waals surface area contributed by atoms with Gasteiger partial charge in [-0.1, -0.05) is 39.7 Å². The first-order chi connectivity index (χ1) is 8.97. The molecule has 0 saturated heterocycles. The van der Waals surface area contributed by atoms with Crippen molar-refractivity contribution in [1.29, 1.82) is 0 Å². The van der Waals surface area contributed by atoms with Gasteiger partial charge in [0.2, 0.25) is 0 Å². The molecular weight excluding hydrogens is 329 g/mol. The van der Waals surface area contributed by atoms with Crippen LogP contribution in [-0.4, -0.2) is 0 Å². The van der Waals surface area contributed by atoms with Crippen LogP contribution in [0, 0.1) is 12.7 Å². The zero-order valence-corrected chi connectivity index (χ0v) is 13.0. The summed E-state index contributed by atoms with van der Waals surface area (Å²) >= 11 is 9.30. The van der Waals surface area contributed by atoms with Crippen molar-refractivity contribution in [2.24, 2.45) is 0 Å². The summed E-state index contributed by atoms with van der Waals surface area (Å²) in [5, 5.41) is 3.51. The van der Waals surface area contributed by atoms with Gasteiger partial charge >= 0.3 is 0 Å². The van der Waals surface area contributed by atoms with Gasteiger partial charge in [-0.25, -0.2) is 4.39 Å². The van der Waals surface area contributed by atoms with Gasteiger partial charge in [-0.3, -0.25) is 0 Å². The third-order valence-corrected chi connectivity index (χ3v) is 4.14. The van der Waals surface area contributed by atoms with Crippen molar-refractivity contribution in [3.05, 3.63) is 62.8 Å². The fourth-order valence-electron chi connectivity index (χ4n) is 1.80. The highest BCUT2D eigenvalue weighted by Gasteiger charge is 2.08. The molecule has 19 heavy (non-hydrogen) atoms. The lowest BCUT2D eigenvalue weighted by Crippen LogP contribution is -2.06. The van der Waals surface area contributed by atoms with E-state index >= 15 is 0 Å². The first-order valence-electron chi connectivity index (χ1n) is 5.95. The lowest BCUT2D eigenvalue weighted by Gasteiger charge is -2.16. The maximum Gasteiger partial charge on any atom is 0.141 e. The largest absolute Gasteiger partial charge is 0.378 e. The first-order valence-corrected chi connectivity index (χ1v) is 7.12. The number of nitrogens with one attached hydrogen (secondary N) is 1. The molecule has 1 atom stereocenters. The number of aryl methyl sites for hydroxylation is 1. The fraction of sp³-hybridized carbons (Fsp3) is 0.200. The van der Waals surface area contributed by atoms with Crippen LogP contribution in [0.5, 0.6) is 0 Å². The van der Waals surface area contributed by atoms with E-state index in [0.717, 1.165) is 15.7 Å². The van der Waals surface area contributed by atoms with Crippen molar-refractivity contribution in [2.75, 3.05) is 5.32 Å². The number of anilines is 1. The molecule has 2 rings (SSSR count). The molecule has 1 N–H and O–H groups in total.